The molecule has 2 aromatic carbocycles. The van der Waals surface area contributed by atoms with Gasteiger partial charge in [0.1, 0.15) is 5.75 Å². The molecule has 0 radical (unpaired) electrons. The fourth-order valence-corrected chi connectivity index (χ4v) is 2.79. The standard InChI is InChI=1S/C15H16BrIN2O/c1-20-13-6-7-14(16)11(8-13)9-15(19-18)10-2-4-12(17)5-3-10/h2-8,15,19H,9,18H2,1H3. The zero-order chi connectivity index (χ0) is 14.5. The van der Waals surface area contributed by atoms with E-state index in [0.717, 1.165) is 22.2 Å². The molecule has 0 aliphatic rings. The molecule has 2 aromatic rings. The number of methoxy groups -OCH3 is 1. The van der Waals surface area contributed by atoms with Gasteiger partial charge in [-0.15, -0.1) is 0 Å². The monoisotopic (exact) mass is 446 g/mol. The zero-order valence-corrected chi connectivity index (χ0v) is 14.8. The number of ether oxygens (including phenoxy) is 1. The molecule has 0 saturated heterocycles. The normalized spacial score (nSPS) is 12.2. The zero-order valence-electron chi connectivity index (χ0n) is 11.1. The SMILES string of the molecule is COc1ccc(Br)c(CC(NN)c2ccc(I)cc2)c1. The van der Waals surface area contributed by atoms with E-state index in [4.69, 9.17) is 10.6 Å². The molecule has 0 saturated carbocycles. The van der Waals surface area contributed by atoms with Crippen LogP contribution in [0.3, 0.4) is 0 Å². The summed E-state index contributed by atoms with van der Waals surface area (Å²) >= 11 is 5.87. The number of nitrogens with two attached hydrogens (primary N) is 1. The maximum absolute atomic E-state index is 5.71. The second-order valence-electron chi connectivity index (χ2n) is 4.43. The Labute approximate surface area is 141 Å². The van der Waals surface area contributed by atoms with Crippen LogP contribution in [-0.4, -0.2) is 7.11 Å². The van der Waals surface area contributed by atoms with Crippen LogP contribution in [0.4, 0.5) is 0 Å². The summed E-state index contributed by atoms with van der Waals surface area (Å²) in [7, 11) is 1.67. The molecule has 1 unspecified atom stereocenters. The van der Waals surface area contributed by atoms with Gasteiger partial charge in [-0.3, -0.25) is 11.3 Å². The van der Waals surface area contributed by atoms with Gasteiger partial charge >= 0.3 is 0 Å². The molecule has 0 spiro atoms. The number of hydrogen-bond acceptors (Lipinski definition) is 3. The van der Waals surface area contributed by atoms with Crippen molar-refractivity contribution in [1.82, 2.24) is 5.43 Å². The number of halogens is 2. The van der Waals surface area contributed by atoms with E-state index < -0.39 is 0 Å². The van der Waals surface area contributed by atoms with Gasteiger partial charge in [0, 0.05) is 8.04 Å². The summed E-state index contributed by atoms with van der Waals surface area (Å²) in [5.74, 6) is 6.56. The van der Waals surface area contributed by atoms with Crippen LogP contribution in [0.5, 0.6) is 5.75 Å². The molecule has 0 heterocycles. The summed E-state index contributed by atoms with van der Waals surface area (Å²) in [6.45, 7) is 0. The number of benzene rings is 2. The minimum Gasteiger partial charge on any atom is -0.497 e. The minimum atomic E-state index is 0.0652. The van der Waals surface area contributed by atoms with Crippen molar-refractivity contribution >= 4 is 38.5 Å². The maximum Gasteiger partial charge on any atom is 0.119 e. The van der Waals surface area contributed by atoms with Crippen molar-refractivity contribution in [3.8, 4) is 5.75 Å². The van der Waals surface area contributed by atoms with E-state index in [1.165, 1.54) is 9.13 Å². The van der Waals surface area contributed by atoms with Crippen LogP contribution in [0.15, 0.2) is 46.9 Å². The van der Waals surface area contributed by atoms with Crippen LogP contribution in [0.25, 0.3) is 0 Å². The molecule has 3 N–H and O–H groups in total. The molecule has 0 amide bonds. The quantitative estimate of drug-likeness (QED) is 0.417. The van der Waals surface area contributed by atoms with Crippen molar-refractivity contribution in [2.45, 2.75) is 12.5 Å². The van der Waals surface area contributed by atoms with Crippen molar-refractivity contribution < 1.29 is 4.74 Å². The van der Waals surface area contributed by atoms with E-state index >= 15 is 0 Å². The average molecular weight is 447 g/mol. The first-order valence-electron chi connectivity index (χ1n) is 6.18. The van der Waals surface area contributed by atoms with Gasteiger partial charge < -0.3 is 4.74 Å². The number of rotatable bonds is 5. The Hall–Kier alpha value is -0.630. The smallest absolute Gasteiger partial charge is 0.119 e. The van der Waals surface area contributed by atoms with Gasteiger partial charge in [0.05, 0.1) is 13.2 Å². The Balaban J connectivity index is 2.23. The van der Waals surface area contributed by atoms with Gasteiger partial charge in [0.2, 0.25) is 0 Å². The summed E-state index contributed by atoms with van der Waals surface area (Å²) in [4.78, 5) is 0. The molecule has 0 fully saturated rings. The third-order valence-corrected chi connectivity index (χ3v) is 4.64. The second-order valence-corrected chi connectivity index (χ2v) is 6.53. The molecular formula is C15H16BrIN2O. The molecule has 0 aliphatic heterocycles. The van der Waals surface area contributed by atoms with Crippen LogP contribution >= 0.6 is 38.5 Å². The Bertz CT molecular complexity index is 575. The summed E-state index contributed by atoms with van der Waals surface area (Å²) in [6.07, 6.45) is 0.787. The van der Waals surface area contributed by atoms with Crippen LogP contribution in [0.2, 0.25) is 0 Å². The van der Waals surface area contributed by atoms with Gasteiger partial charge in [0.25, 0.3) is 0 Å². The van der Waals surface area contributed by atoms with E-state index in [9.17, 15) is 0 Å². The summed E-state index contributed by atoms with van der Waals surface area (Å²) < 4.78 is 7.54. The van der Waals surface area contributed by atoms with E-state index in [2.05, 4.69) is 68.2 Å². The van der Waals surface area contributed by atoms with Crippen LogP contribution in [-0.2, 0) is 6.42 Å². The Kier molecular flexibility index (Phi) is 5.83. The summed E-state index contributed by atoms with van der Waals surface area (Å²) in [5, 5.41) is 0. The highest BCUT2D eigenvalue weighted by Gasteiger charge is 2.13. The fourth-order valence-electron chi connectivity index (χ4n) is 2.02. The summed E-state index contributed by atoms with van der Waals surface area (Å²) in [6, 6.07) is 14.4. The van der Waals surface area contributed by atoms with Gasteiger partial charge in [0.15, 0.2) is 0 Å². The Morgan fingerprint density at radius 2 is 1.95 bits per heavy atom. The molecule has 3 nitrogen and oxygen atoms in total. The molecule has 1 atom stereocenters. The lowest BCUT2D eigenvalue weighted by Gasteiger charge is -2.18. The van der Waals surface area contributed by atoms with Gasteiger partial charge in [-0.2, -0.15) is 0 Å². The molecule has 20 heavy (non-hydrogen) atoms. The van der Waals surface area contributed by atoms with Crippen molar-refractivity contribution in [3.05, 3.63) is 61.6 Å². The van der Waals surface area contributed by atoms with Crippen LogP contribution < -0.4 is 16.0 Å². The highest BCUT2D eigenvalue weighted by Crippen LogP contribution is 2.27. The van der Waals surface area contributed by atoms with Crippen molar-refractivity contribution in [3.63, 3.8) is 0 Å². The highest BCUT2D eigenvalue weighted by atomic mass is 127. The minimum absolute atomic E-state index is 0.0652. The van der Waals surface area contributed by atoms with E-state index in [1.54, 1.807) is 7.11 Å². The van der Waals surface area contributed by atoms with E-state index in [1.807, 2.05) is 18.2 Å². The Morgan fingerprint density at radius 3 is 2.55 bits per heavy atom. The maximum atomic E-state index is 5.71. The van der Waals surface area contributed by atoms with Crippen molar-refractivity contribution in [1.29, 1.82) is 0 Å². The lowest BCUT2D eigenvalue weighted by atomic mass is 9.99. The summed E-state index contributed by atoms with van der Waals surface area (Å²) in [5.41, 5.74) is 5.21. The van der Waals surface area contributed by atoms with Gasteiger partial charge in [-0.05, 0) is 70.5 Å². The number of hydrazine groups is 1. The third-order valence-electron chi connectivity index (χ3n) is 3.15. The molecule has 5 heteroatoms. The Morgan fingerprint density at radius 1 is 1.25 bits per heavy atom. The third kappa shape index (κ3) is 3.94. The topological polar surface area (TPSA) is 47.3 Å². The fraction of sp³-hybridized carbons (Fsp3) is 0.200. The highest BCUT2D eigenvalue weighted by molar-refractivity contribution is 14.1. The lowest BCUT2D eigenvalue weighted by Crippen LogP contribution is -2.29. The molecule has 0 aromatic heterocycles. The molecule has 2 rings (SSSR count). The van der Waals surface area contributed by atoms with E-state index in [-0.39, 0.29) is 6.04 Å². The van der Waals surface area contributed by atoms with Crippen molar-refractivity contribution in [2.24, 2.45) is 5.84 Å². The van der Waals surface area contributed by atoms with E-state index in [0.29, 0.717) is 0 Å². The first-order valence-corrected chi connectivity index (χ1v) is 8.05. The largest absolute Gasteiger partial charge is 0.497 e. The van der Waals surface area contributed by atoms with Crippen molar-refractivity contribution in [2.75, 3.05) is 7.11 Å². The molecular weight excluding hydrogens is 431 g/mol. The predicted octanol–water partition coefficient (Wildman–Crippen LogP) is 3.81. The van der Waals surface area contributed by atoms with Gasteiger partial charge in [-0.25, -0.2) is 0 Å². The second kappa shape index (κ2) is 7.40. The first kappa shape index (κ1) is 15.8. The number of nitrogens with one attached hydrogen (secondary N) is 1. The molecule has 0 aliphatic carbocycles. The number of hydrogen-bond donors (Lipinski definition) is 2. The van der Waals surface area contributed by atoms with Crippen LogP contribution in [0, 0.1) is 3.57 Å². The lowest BCUT2D eigenvalue weighted by molar-refractivity contribution is 0.413. The predicted molar refractivity (Wildman–Crippen MR) is 93.6 cm³/mol. The van der Waals surface area contributed by atoms with Crippen LogP contribution in [0.1, 0.15) is 17.2 Å². The molecule has 0 bridgehead atoms. The van der Waals surface area contributed by atoms with Gasteiger partial charge in [-0.1, -0.05) is 28.1 Å². The average Bonchev–Trinajstić information content (AvgIpc) is 2.47. The molecule has 106 valence electrons. The first-order chi connectivity index (χ1) is 9.63.